The van der Waals surface area contributed by atoms with E-state index in [0.29, 0.717) is 30.4 Å². The van der Waals surface area contributed by atoms with Crippen LogP contribution in [0, 0.1) is 5.92 Å². The van der Waals surface area contributed by atoms with Gasteiger partial charge in [0.1, 0.15) is 24.1 Å². The molecule has 8 atom stereocenters. The molecule has 0 aliphatic carbocycles. The van der Waals surface area contributed by atoms with Crippen molar-refractivity contribution in [2.45, 2.75) is 56.1 Å². The minimum absolute atomic E-state index is 0.0769. The van der Waals surface area contributed by atoms with Gasteiger partial charge in [0.15, 0.2) is 35.1 Å². The fourth-order valence-corrected chi connectivity index (χ4v) is 7.16. The van der Waals surface area contributed by atoms with Crippen LogP contribution in [-0.4, -0.2) is 80.1 Å². The van der Waals surface area contributed by atoms with Gasteiger partial charge in [-0.25, -0.2) is 19.9 Å². The molecule has 7 N–H and O–H groups in total. The SMILES string of the molecule is Nc1nc2c(ncn2C2OC3CCC4C(COP(O)(=S)O[C@H]2C3)OC(n2cnc3c(N)ncnc32)C4O)c(=O)[nH]1. The number of rotatable bonds is 2. The monoisotopic (exact) mass is 592 g/mol. The second-order valence-electron chi connectivity index (χ2n) is 9.95. The molecule has 3 aliphatic rings. The van der Waals surface area contributed by atoms with Gasteiger partial charge in [0, 0.05) is 12.3 Å². The van der Waals surface area contributed by atoms with Crippen molar-refractivity contribution in [3.63, 3.8) is 0 Å². The summed E-state index contributed by atoms with van der Waals surface area (Å²) >= 11 is 5.34. The molecule has 40 heavy (non-hydrogen) atoms. The first-order valence-electron chi connectivity index (χ1n) is 12.5. The minimum Gasteiger partial charge on any atom is -0.388 e. The van der Waals surface area contributed by atoms with Crippen molar-refractivity contribution in [3.05, 3.63) is 29.3 Å². The third kappa shape index (κ3) is 4.27. The number of aromatic nitrogens is 8. The normalized spacial score (nSPS) is 34.7. The molecule has 7 unspecified atom stereocenters. The van der Waals surface area contributed by atoms with Crippen LogP contribution < -0.4 is 17.0 Å². The van der Waals surface area contributed by atoms with E-state index in [2.05, 4.69) is 29.9 Å². The maximum atomic E-state index is 12.3. The van der Waals surface area contributed by atoms with Gasteiger partial charge in [0.2, 0.25) is 5.95 Å². The number of imidazole rings is 2. The highest BCUT2D eigenvalue weighted by Crippen LogP contribution is 2.52. The van der Waals surface area contributed by atoms with Gasteiger partial charge < -0.3 is 40.0 Å². The highest BCUT2D eigenvalue weighted by Gasteiger charge is 2.48. The first-order chi connectivity index (χ1) is 19.2. The number of aromatic amines is 1. The molecular formula is C21H25N10O7PS. The lowest BCUT2D eigenvalue weighted by Gasteiger charge is -2.27. The van der Waals surface area contributed by atoms with Crippen molar-refractivity contribution < 1.29 is 28.5 Å². The second-order valence-corrected chi connectivity index (χ2v) is 12.7. The first-order valence-corrected chi connectivity index (χ1v) is 15.1. The fourth-order valence-electron chi connectivity index (χ4n) is 5.72. The predicted octanol–water partition coefficient (Wildman–Crippen LogP) is -0.302. The Bertz CT molecular complexity index is 1710. The summed E-state index contributed by atoms with van der Waals surface area (Å²) in [6, 6.07) is 0. The molecule has 7 rings (SSSR count). The van der Waals surface area contributed by atoms with Crippen LogP contribution in [0.2, 0.25) is 0 Å². The van der Waals surface area contributed by atoms with Crippen molar-refractivity contribution in [1.29, 1.82) is 0 Å². The lowest BCUT2D eigenvalue weighted by Crippen LogP contribution is -2.30. The number of nitrogens with zero attached hydrogens (tertiary/aromatic N) is 7. The summed E-state index contributed by atoms with van der Waals surface area (Å²) in [5, 5.41) is 11.4. The molecule has 0 spiro atoms. The van der Waals surface area contributed by atoms with Crippen LogP contribution >= 0.6 is 6.72 Å². The number of hydrogen-bond acceptors (Lipinski definition) is 14. The number of nitrogens with one attached hydrogen (secondary N) is 1. The second kappa shape index (κ2) is 9.49. The van der Waals surface area contributed by atoms with E-state index in [4.69, 9.17) is 41.8 Å². The third-order valence-electron chi connectivity index (χ3n) is 7.55. The van der Waals surface area contributed by atoms with Crippen molar-refractivity contribution in [1.82, 2.24) is 39.0 Å². The summed E-state index contributed by atoms with van der Waals surface area (Å²) in [4.78, 5) is 46.5. The van der Waals surface area contributed by atoms with Crippen LogP contribution in [0.15, 0.2) is 23.8 Å². The Kier molecular flexibility index (Phi) is 6.13. The zero-order valence-corrected chi connectivity index (χ0v) is 22.4. The average Bonchev–Trinajstić information content (AvgIpc) is 3.66. The molecule has 3 aliphatic heterocycles. The van der Waals surface area contributed by atoms with Gasteiger partial charge in [-0.15, -0.1) is 0 Å². The van der Waals surface area contributed by atoms with Crippen LogP contribution in [0.5, 0.6) is 0 Å². The molecule has 3 fully saturated rings. The van der Waals surface area contributed by atoms with E-state index in [-0.39, 0.29) is 35.6 Å². The van der Waals surface area contributed by atoms with Gasteiger partial charge in [-0.3, -0.25) is 18.9 Å². The zero-order chi connectivity index (χ0) is 27.8. The molecule has 0 radical (unpaired) electrons. The molecule has 19 heteroatoms. The Balaban J connectivity index is 1.18. The van der Waals surface area contributed by atoms with E-state index < -0.39 is 49.0 Å². The number of nitrogen functional groups attached to an aromatic ring is 2. The molecule has 17 nitrogen and oxygen atoms in total. The number of aliphatic hydroxyl groups excluding tert-OH is 1. The van der Waals surface area contributed by atoms with Crippen LogP contribution in [0.4, 0.5) is 11.8 Å². The average molecular weight is 593 g/mol. The summed E-state index contributed by atoms with van der Waals surface area (Å²) < 4.78 is 27.3. The smallest absolute Gasteiger partial charge is 0.325 e. The Morgan fingerprint density at radius 1 is 1.02 bits per heavy atom. The van der Waals surface area contributed by atoms with Gasteiger partial charge in [0.25, 0.3) is 5.56 Å². The summed E-state index contributed by atoms with van der Waals surface area (Å²) in [5.41, 5.74) is 12.3. The van der Waals surface area contributed by atoms with Crippen LogP contribution in [0.25, 0.3) is 22.3 Å². The quantitative estimate of drug-likeness (QED) is 0.188. The lowest BCUT2D eigenvalue weighted by molar-refractivity contribution is -0.0556. The molecule has 4 aromatic heterocycles. The maximum absolute atomic E-state index is 12.3. The summed E-state index contributed by atoms with van der Waals surface area (Å²) in [5.74, 6) is -0.263. The van der Waals surface area contributed by atoms with E-state index >= 15 is 0 Å². The zero-order valence-electron chi connectivity index (χ0n) is 20.7. The number of ether oxygens (including phenoxy) is 2. The van der Waals surface area contributed by atoms with Gasteiger partial charge >= 0.3 is 6.72 Å². The molecule has 212 valence electrons. The summed E-state index contributed by atoms with van der Waals surface area (Å²) in [6.07, 6.45) is 1.32. The van der Waals surface area contributed by atoms with E-state index in [1.165, 1.54) is 23.5 Å². The minimum atomic E-state index is -3.79. The predicted molar refractivity (Wildman–Crippen MR) is 141 cm³/mol. The van der Waals surface area contributed by atoms with Gasteiger partial charge in [0.05, 0.1) is 31.5 Å². The Morgan fingerprint density at radius 2 is 1.80 bits per heavy atom. The number of aliphatic hydroxyl groups is 1. The Labute approximate surface area is 229 Å². The van der Waals surface area contributed by atoms with Crippen molar-refractivity contribution in [2.24, 2.45) is 5.92 Å². The Hall–Kier alpha value is -3.09. The number of hydrogen-bond donors (Lipinski definition) is 5. The molecule has 0 aromatic carbocycles. The topological polar surface area (TPSA) is 237 Å². The highest BCUT2D eigenvalue weighted by atomic mass is 32.5. The van der Waals surface area contributed by atoms with Gasteiger partial charge in [-0.1, -0.05) is 0 Å². The number of fused-ring (bicyclic) bond motifs is 5. The fraction of sp³-hybridized carbons (Fsp3) is 0.524. The van der Waals surface area contributed by atoms with Crippen LogP contribution in [0.1, 0.15) is 31.7 Å². The molecule has 2 bridgehead atoms. The van der Waals surface area contributed by atoms with Crippen molar-refractivity contribution in [2.75, 3.05) is 18.1 Å². The molecule has 4 aromatic rings. The number of H-pyrrole nitrogens is 1. The van der Waals surface area contributed by atoms with E-state index in [1.54, 1.807) is 4.57 Å². The molecule has 0 saturated carbocycles. The number of anilines is 2. The Morgan fingerprint density at radius 3 is 2.62 bits per heavy atom. The number of nitrogens with two attached hydrogens (primary N) is 2. The summed E-state index contributed by atoms with van der Waals surface area (Å²) in [6.45, 7) is -3.91. The summed E-state index contributed by atoms with van der Waals surface area (Å²) in [7, 11) is 0. The largest absolute Gasteiger partial charge is 0.388 e. The molecular weight excluding hydrogens is 567 g/mol. The molecule has 0 amide bonds. The highest BCUT2D eigenvalue weighted by molar-refractivity contribution is 8.07. The van der Waals surface area contributed by atoms with E-state index in [0.717, 1.165) is 0 Å². The van der Waals surface area contributed by atoms with Gasteiger partial charge in [-0.05, 0) is 24.6 Å². The lowest BCUT2D eigenvalue weighted by atomic mass is 9.91. The molecule has 3 saturated heterocycles. The molecule has 7 heterocycles. The van der Waals surface area contributed by atoms with Crippen molar-refractivity contribution >= 4 is 52.6 Å². The maximum Gasteiger partial charge on any atom is 0.325 e. The van der Waals surface area contributed by atoms with Gasteiger partial charge in [-0.2, -0.15) is 4.98 Å². The van der Waals surface area contributed by atoms with E-state index in [1.807, 2.05) is 0 Å². The van der Waals surface area contributed by atoms with Crippen LogP contribution in [-0.2, 0) is 30.3 Å². The first kappa shape index (κ1) is 25.8. The standard InChI is InChI=1S/C21H25N10O7PS/c22-15-12-16(25-5-24-15)30(6-26-12)20-14(32)9-2-1-8-3-10(38-39(34,40)35-4-11(9)37-20)19(36-8)31-7-27-13-17(31)28-21(23)29-18(13)33/h5-11,14,19-20,32H,1-4H2,(H,34,40)(H2,22,24,25)(H3,23,28,29,33)/t8?,9?,10-,11?,14?,19?,20?,39?/m0/s1. The van der Waals surface area contributed by atoms with E-state index in [9.17, 15) is 14.8 Å². The third-order valence-corrected chi connectivity index (χ3v) is 9.13. The van der Waals surface area contributed by atoms with Crippen LogP contribution in [0.3, 0.4) is 0 Å². The van der Waals surface area contributed by atoms with Crippen molar-refractivity contribution in [3.8, 4) is 0 Å².